The topological polar surface area (TPSA) is 55.4 Å². The first-order chi connectivity index (χ1) is 11.5. The van der Waals surface area contributed by atoms with Gasteiger partial charge in [-0.25, -0.2) is 0 Å². The highest BCUT2D eigenvalue weighted by atomic mass is 16.5. The summed E-state index contributed by atoms with van der Waals surface area (Å²) >= 11 is 0. The molecule has 1 N–H and O–H groups in total. The molecule has 0 fully saturated rings. The SMILES string of the molecule is CC[C@H](C)c1ccc(NC(=O)COc2ccc(C(C)=O)cc2)cc1. The minimum absolute atomic E-state index is 0.000122. The Morgan fingerprint density at radius 1 is 1.04 bits per heavy atom. The molecule has 0 saturated heterocycles. The summed E-state index contributed by atoms with van der Waals surface area (Å²) < 4.78 is 5.43. The van der Waals surface area contributed by atoms with Gasteiger partial charge in [0.25, 0.3) is 5.91 Å². The zero-order valence-electron chi connectivity index (χ0n) is 14.3. The van der Waals surface area contributed by atoms with Crippen molar-refractivity contribution in [2.24, 2.45) is 0 Å². The van der Waals surface area contributed by atoms with Crippen molar-refractivity contribution in [3.05, 3.63) is 59.7 Å². The van der Waals surface area contributed by atoms with Crippen molar-refractivity contribution in [1.82, 2.24) is 0 Å². The quantitative estimate of drug-likeness (QED) is 0.767. The average Bonchev–Trinajstić information content (AvgIpc) is 2.60. The largest absolute Gasteiger partial charge is 0.484 e. The average molecular weight is 325 g/mol. The van der Waals surface area contributed by atoms with Crippen LogP contribution >= 0.6 is 0 Å². The highest BCUT2D eigenvalue weighted by Crippen LogP contribution is 2.20. The molecule has 0 unspecified atom stereocenters. The van der Waals surface area contributed by atoms with Crippen molar-refractivity contribution in [3.8, 4) is 5.75 Å². The third-order valence-corrected chi connectivity index (χ3v) is 4.01. The van der Waals surface area contributed by atoms with Gasteiger partial charge >= 0.3 is 0 Å². The van der Waals surface area contributed by atoms with E-state index in [9.17, 15) is 9.59 Å². The Morgan fingerprint density at radius 3 is 2.21 bits per heavy atom. The molecule has 126 valence electrons. The summed E-state index contributed by atoms with van der Waals surface area (Å²) in [7, 11) is 0. The van der Waals surface area contributed by atoms with Crippen LogP contribution in [0.15, 0.2) is 48.5 Å². The molecule has 0 aliphatic heterocycles. The number of anilines is 1. The molecule has 1 amide bonds. The zero-order chi connectivity index (χ0) is 17.5. The maximum atomic E-state index is 11.9. The Bertz CT molecular complexity index is 690. The molecule has 4 heteroatoms. The molecule has 4 nitrogen and oxygen atoms in total. The van der Waals surface area contributed by atoms with Crippen LogP contribution in [-0.4, -0.2) is 18.3 Å². The third kappa shape index (κ3) is 4.95. The first-order valence-corrected chi connectivity index (χ1v) is 8.13. The van der Waals surface area contributed by atoms with E-state index >= 15 is 0 Å². The van der Waals surface area contributed by atoms with Crippen LogP contribution in [0.1, 0.15) is 49.0 Å². The van der Waals surface area contributed by atoms with Crippen LogP contribution in [0, 0.1) is 0 Å². The van der Waals surface area contributed by atoms with E-state index < -0.39 is 0 Å². The maximum absolute atomic E-state index is 11.9. The minimum Gasteiger partial charge on any atom is -0.484 e. The Kier molecular flexibility index (Phi) is 6.13. The van der Waals surface area contributed by atoms with Crippen LogP contribution in [0.2, 0.25) is 0 Å². The van der Waals surface area contributed by atoms with E-state index in [2.05, 4.69) is 19.2 Å². The number of carbonyl (C=O) groups is 2. The van der Waals surface area contributed by atoms with Crippen LogP contribution in [-0.2, 0) is 4.79 Å². The normalized spacial score (nSPS) is 11.6. The Labute approximate surface area is 142 Å². The molecule has 0 saturated carbocycles. The van der Waals surface area contributed by atoms with Crippen molar-refractivity contribution in [2.45, 2.75) is 33.1 Å². The lowest BCUT2D eigenvalue weighted by Crippen LogP contribution is -2.20. The van der Waals surface area contributed by atoms with E-state index in [1.165, 1.54) is 12.5 Å². The van der Waals surface area contributed by atoms with Gasteiger partial charge in [-0.2, -0.15) is 0 Å². The number of carbonyl (C=O) groups excluding carboxylic acids is 2. The molecule has 0 spiro atoms. The number of ether oxygens (including phenoxy) is 1. The lowest BCUT2D eigenvalue weighted by atomic mass is 9.99. The molecule has 0 heterocycles. The summed E-state index contributed by atoms with van der Waals surface area (Å²) in [6.07, 6.45) is 1.09. The van der Waals surface area contributed by atoms with Gasteiger partial charge in [-0.05, 0) is 61.2 Å². The van der Waals surface area contributed by atoms with Gasteiger partial charge in [-0.3, -0.25) is 9.59 Å². The maximum Gasteiger partial charge on any atom is 0.262 e. The zero-order valence-corrected chi connectivity index (χ0v) is 14.3. The number of hydrogen-bond donors (Lipinski definition) is 1. The number of Topliss-reactive ketones (excluding diaryl/α,β-unsaturated/α-hetero) is 1. The second-order valence-electron chi connectivity index (χ2n) is 5.85. The fourth-order valence-corrected chi connectivity index (χ4v) is 2.26. The molecule has 0 bridgehead atoms. The number of nitrogens with one attached hydrogen (secondary N) is 1. The standard InChI is InChI=1S/C20H23NO3/c1-4-14(2)16-5-9-18(10-6-16)21-20(23)13-24-19-11-7-17(8-12-19)15(3)22/h5-12,14H,4,13H2,1-3H3,(H,21,23)/t14-/m0/s1. The summed E-state index contributed by atoms with van der Waals surface area (Å²) in [4.78, 5) is 23.2. The van der Waals surface area contributed by atoms with Gasteiger partial charge in [-0.1, -0.05) is 26.0 Å². The molecular weight excluding hydrogens is 302 g/mol. The molecule has 0 radical (unpaired) electrons. The lowest BCUT2D eigenvalue weighted by Gasteiger charge is -2.11. The molecule has 2 aromatic rings. The monoisotopic (exact) mass is 325 g/mol. The van der Waals surface area contributed by atoms with Crippen LogP contribution in [0.3, 0.4) is 0 Å². The summed E-state index contributed by atoms with van der Waals surface area (Å²) in [5.41, 5.74) is 2.63. The van der Waals surface area contributed by atoms with E-state index in [1.807, 2.05) is 24.3 Å². The van der Waals surface area contributed by atoms with E-state index in [-0.39, 0.29) is 18.3 Å². The number of ketones is 1. The van der Waals surface area contributed by atoms with Crippen molar-refractivity contribution >= 4 is 17.4 Å². The minimum atomic E-state index is -0.220. The first kappa shape index (κ1) is 17.7. The lowest BCUT2D eigenvalue weighted by molar-refractivity contribution is -0.118. The van der Waals surface area contributed by atoms with E-state index in [4.69, 9.17) is 4.74 Å². The fourth-order valence-electron chi connectivity index (χ4n) is 2.26. The summed E-state index contributed by atoms with van der Waals surface area (Å²) in [6, 6.07) is 14.6. The molecular formula is C20H23NO3. The van der Waals surface area contributed by atoms with Gasteiger partial charge in [-0.15, -0.1) is 0 Å². The second kappa shape index (κ2) is 8.29. The van der Waals surface area contributed by atoms with Crippen molar-refractivity contribution in [3.63, 3.8) is 0 Å². The molecule has 0 aliphatic rings. The number of amides is 1. The van der Waals surface area contributed by atoms with Crippen LogP contribution in [0.25, 0.3) is 0 Å². The number of rotatable bonds is 7. The summed E-state index contributed by atoms with van der Waals surface area (Å²) in [6.45, 7) is 5.77. The highest BCUT2D eigenvalue weighted by molar-refractivity contribution is 5.94. The van der Waals surface area contributed by atoms with Gasteiger partial charge in [0.2, 0.25) is 0 Å². The van der Waals surface area contributed by atoms with E-state index in [0.717, 1.165) is 12.1 Å². The molecule has 24 heavy (non-hydrogen) atoms. The molecule has 2 rings (SSSR count). The van der Waals surface area contributed by atoms with Crippen LogP contribution in [0.4, 0.5) is 5.69 Å². The van der Waals surface area contributed by atoms with Gasteiger partial charge in [0, 0.05) is 11.3 Å². The Balaban J connectivity index is 1.85. The van der Waals surface area contributed by atoms with E-state index in [1.54, 1.807) is 24.3 Å². The molecule has 1 atom stereocenters. The first-order valence-electron chi connectivity index (χ1n) is 8.13. The molecule has 0 aliphatic carbocycles. The fraction of sp³-hybridized carbons (Fsp3) is 0.300. The molecule has 2 aromatic carbocycles. The smallest absolute Gasteiger partial charge is 0.262 e. The van der Waals surface area contributed by atoms with Crippen molar-refractivity contribution < 1.29 is 14.3 Å². The second-order valence-corrected chi connectivity index (χ2v) is 5.85. The van der Waals surface area contributed by atoms with Crippen molar-refractivity contribution in [2.75, 3.05) is 11.9 Å². The Morgan fingerprint density at radius 2 is 1.67 bits per heavy atom. The predicted molar refractivity (Wildman–Crippen MR) is 95.7 cm³/mol. The van der Waals surface area contributed by atoms with Crippen LogP contribution < -0.4 is 10.1 Å². The van der Waals surface area contributed by atoms with Gasteiger partial charge in [0.05, 0.1) is 0 Å². The summed E-state index contributed by atoms with van der Waals surface area (Å²) in [5, 5.41) is 2.81. The van der Waals surface area contributed by atoms with Gasteiger partial charge < -0.3 is 10.1 Å². The predicted octanol–water partition coefficient (Wildman–Crippen LogP) is 4.42. The number of benzene rings is 2. The van der Waals surface area contributed by atoms with Gasteiger partial charge in [0.15, 0.2) is 12.4 Å². The Hall–Kier alpha value is -2.62. The van der Waals surface area contributed by atoms with E-state index in [0.29, 0.717) is 17.2 Å². The third-order valence-electron chi connectivity index (χ3n) is 4.01. The van der Waals surface area contributed by atoms with Gasteiger partial charge in [0.1, 0.15) is 5.75 Å². The van der Waals surface area contributed by atoms with Crippen LogP contribution in [0.5, 0.6) is 5.75 Å². The van der Waals surface area contributed by atoms with Crippen molar-refractivity contribution in [1.29, 1.82) is 0 Å². The summed E-state index contributed by atoms with van der Waals surface area (Å²) in [5.74, 6) is 0.848. The molecule has 0 aromatic heterocycles. The highest BCUT2D eigenvalue weighted by Gasteiger charge is 2.06. The number of hydrogen-bond acceptors (Lipinski definition) is 3.